The average molecular weight is 265 g/mol. The summed E-state index contributed by atoms with van der Waals surface area (Å²) in [5.41, 5.74) is 3.43. The molecule has 0 fully saturated rings. The van der Waals surface area contributed by atoms with Crippen LogP contribution in [0.5, 0.6) is 11.5 Å². The zero-order valence-electron chi connectivity index (χ0n) is 8.90. The molecule has 1 rings (SSSR count). The largest absolute Gasteiger partial charge is 0.508 e. The Balaban J connectivity index is 3.29. The molecule has 0 aliphatic carbocycles. The second-order valence-corrected chi connectivity index (χ2v) is 3.63. The summed E-state index contributed by atoms with van der Waals surface area (Å²) in [6.07, 6.45) is -5.55. The number of benzene rings is 1. The summed E-state index contributed by atoms with van der Waals surface area (Å²) in [6.45, 7) is 0. The van der Waals surface area contributed by atoms with Gasteiger partial charge in [-0.2, -0.15) is 13.2 Å². The Morgan fingerprint density at radius 3 is 2.33 bits per heavy atom. The predicted octanol–water partition coefficient (Wildman–Crippen LogP) is 1.59. The monoisotopic (exact) mass is 265 g/mol. The number of aromatic hydroxyl groups is 2. The number of carboxylic acids is 1. The molecule has 0 saturated heterocycles. The number of carboxylic acid groups (broad SMARTS) is 1. The Labute approximate surface area is 99.3 Å². The van der Waals surface area contributed by atoms with E-state index in [0.29, 0.717) is 6.07 Å². The van der Waals surface area contributed by atoms with Gasteiger partial charge < -0.3 is 21.1 Å². The first-order valence-electron chi connectivity index (χ1n) is 4.73. The first-order valence-corrected chi connectivity index (χ1v) is 4.73. The molecule has 0 spiro atoms. The van der Waals surface area contributed by atoms with Crippen LogP contribution in [0.15, 0.2) is 12.1 Å². The van der Waals surface area contributed by atoms with E-state index in [4.69, 9.17) is 15.9 Å². The number of hydrogen-bond donors (Lipinski definition) is 4. The van der Waals surface area contributed by atoms with E-state index in [-0.39, 0.29) is 0 Å². The summed E-state index contributed by atoms with van der Waals surface area (Å²) in [4.78, 5) is 10.4. The molecule has 0 heterocycles. The number of aliphatic carboxylic acids is 1. The molecule has 0 bridgehead atoms. The fraction of sp³-hybridized carbons (Fsp3) is 0.300. The minimum absolute atomic E-state index is 0.340. The van der Waals surface area contributed by atoms with Crippen molar-refractivity contribution in [3.05, 3.63) is 23.3 Å². The van der Waals surface area contributed by atoms with Gasteiger partial charge in [0.05, 0.1) is 6.42 Å². The molecule has 100 valence electrons. The second kappa shape index (κ2) is 4.73. The molecule has 1 aromatic carbocycles. The molecule has 0 aliphatic heterocycles. The first-order chi connectivity index (χ1) is 8.12. The van der Waals surface area contributed by atoms with Crippen LogP contribution in [0.3, 0.4) is 0 Å². The summed E-state index contributed by atoms with van der Waals surface area (Å²) in [5, 5.41) is 27.1. The van der Waals surface area contributed by atoms with Crippen molar-refractivity contribution in [2.24, 2.45) is 5.73 Å². The van der Waals surface area contributed by atoms with E-state index < -0.39 is 47.2 Å². The van der Waals surface area contributed by atoms with Crippen LogP contribution in [0.2, 0.25) is 0 Å². The van der Waals surface area contributed by atoms with E-state index in [1.165, 1.54) is 0 Å². The van der Waals surface area contributed by atoms with Gasteiger partial charge in [0.15, 0.2) is 0 Å². The van der Waals surface area contributed by atoms with Crippen molar-refractivity contribution in [1.82, 2.24) is 0 Å². The maximum Gasteiger partial charge on any atom is 0.420 e. The number of phenols is 2. The fourth-order valence-electron chi connectivity index (χ4n) is 1.44. The normalized spacial score (nSPS) is 13.3. The molecule has 8 heteroatoms. The summed E-state index contributed by atoms with van der Waals surface area (Å²) in [6, 6.07) is -0.208. The van der Waals surface area contributed by atoms with E-state index in [1.54, 1.807) is 0 Å². The average Bonchev–Trinajstić information content (AvgIpc) is 2.18. The number of phenolic OH excluding ortho intramolecular Hbond substituents is 2. The van der Waals surface area contributed by atoms with Gasteiger partial charge in [0.1, 0.15) is 17.1 Å². The van der Waals surface area contributed by atoms with E-state index in [0.717, 1.165) is 6.07 Å². The Morgan fingerprint density at radius 1 is 1.33 bits per heavy atom. The predicted molar refractivity (Wildman–Crippen MR) is 54.0 cm³/mol. The lowest BCUT2D eigenvalue weighted by atomic mass is 9.99. The SMILES string of the molecule is NC(CC(=O)O)c1cc(O)cc(C(F)(F)F)c1O. The van der Waals surface area contributed by atoms with Crippen LogP contribution < -0.4 is 5.73 Å². The third-order valence-corrected chi connectivity index (χ3v) is 2.22. The minimum atomic E-state index is -4.87. The van der Waals surface area contributed by atoms with Crippen molar-refractivity contribution in [3.63, 3.8) is 0 Å². The molecular formula is C10H10F3NO4. The van der Waals surface area contributed by atoms with Gasteiger partial charge in [0.25, 0.3) is 0 Å². The van der Waals surface area contributed by atoms with Crippen LogP contribution in [0.1, 0.15) is 23.6 Å². The van der Waals surface area contributed by atoms with Crippen LogP contribution >= 0.6 is 0 Å². The molecule has 0 saturated carbocycles. The van der Waals surface area contributed by atoms with Crippen LogP contribution in [0.4, 0.5) is 13.2 Å². The highest BCUT2D eigenvalue weighted by atomic mass is 19.4. The van der Waals surface area contributed by atoms with E-state index in [9.17, 15) is 23.1 Å². The fourth-order valence-corrected chi connectivity index (χ4v) is 1.44. The maximum atomic E-state index is 12.5. The minimum Gasteiger partial charge on any atom is -0.508 e. The number of rotatable bonds is 3. The molecule has 0 radical (unpaired) electrons. The molecule has 18 heavy (non-hydrogen) atoms. The van der Waals surface area contributed by atoms with Gasteiger partial charge in [-0.25, -0.2) is 0 Å². The third kappa shape index (κ3) is 3.04. The molecule has 1 atom stereocenters. The summed E-state index contributed by atoms with van der Waals surface area (Å²) >= 11 is 0. The lowest BCUT2D eigenvalue weighted by Gasteiger charge is -2.16. The van der Waals surface area contributed by atoms with Gasteiger partial charge >= 0.3 is 12.1 Å². The Kier molecular flexibility index (Phi) is 3.70. The highest BCUT2D eigenvalue weighted by molar-refractivity contribution is 5.68. The number of nitrogens with two attached hydrogens (primary N) is 1. The second-order valence-electron chi connectivity index (χ2n) is 3.63. The van der Waals surface area contributed by atoms with E-state index in [1.807, 2.05) is 0 Å². The Hall–Kier alpha value is -1.96. The van der Waals surface area contributed by atoms with Crippen molar-refractivity contribution in [2.45, 2.75) is 18.6 Å². The van der Waals surface area contributed by atoms with Crippen molar-refractivity contribution >= 4 is 5.97 Å². The van der Waals surface area contributed by atoms with Crippen LogP contribution in [0, 0.1) is 0 Å². The number of halogens is 3. The molecule has 1 unspecified atom stereocenters. The first kappa shape index (κ1) is 14.1. The highest BCUT2D eigenvalue weighted by Crippen LogP contribution is 2.41. The van der Waals surface area contributed by atoms with Crippen molar-refractivity contribution < 1.29 is 33.3 Å². The quantitative estimate of drug-likeness (QED) is 0.621. The Bertz CT molecular complexity index is 473. The number of alkyl halides is 3. The van der Waals surface area contributed by atoms with Gasteiger partial charge in [0.2, 0.25) is 0 Å². The summed E-state index contributed by atoms with van der Waals surface area (Å²) in [7, 11) is 0. The molecule has 1 aromatic rings. The Morgan fingerprint density at radius 2 is 1.89 bits per heavy atom. The van der Waals surface area contributed by atoms with Crippen molar-refractivity contribution in [3.8, 4) is 11.5 Å². The topological polar surface area (TPSA) is 104 Å². The molecule has 5 nitrogen and oxygen atoms in total. The summed E-state index contributed by atoms with van der Waals surface area (Å²) < 4.78 is 37.5. The van der Waals surface area contributed by atoms with Crippen LogP contribution in [-0.2, 0) is 11.0 Å². The lowest BCUT2D eigenvalue weighted by Crippen LogP contribution is -2.16. The standard InChI is InChI=1S/C10H10F3NO4/c11-10(12,13)6-2-4(15)1-5(9(6)18)7(14)3-8(16)17/h1-2,7,15,18H,3,14H2,(H,16,17). The lowest BCUT2D eigenvalue weighted by molar-refractivity contribution is -0.139. The van der Waals surface area contributed by atoms with Crippen LogP contribution in [0.25, 0.3) is 0 Å². The summed E-state index contributed by atoms with van der Waals surface area (Å²) in [5.74, 6) is -3.26. The maximum absolute atomic E-state index is 12.5. The molecule has 5 N–H and O–H groups in total. The van der Waals surface area contributed by atoms with Gasteiger partial charge in [-0.1, -0.05) is 0 Å². The zero-order chi connectivity index (χ0) is 14.1. The van der Waals surface area contributed by atoms with Gasteiger partial charge in [0, 0.05) is 11.6 Å². The number of carbonyl (C=O) groups is 1. The van der Waals surface area contributed by atoms with Gasteiger partial charge in [-0.05, 0) is 12.1 Å². The van der Waals surface area contributed by atoms with Crippen molar-refractivity contribution in [1.29, 1.82) is 0 Å². The molecular weight excluding hydrogens is 255 g/mol. The highest BCUT2D eigenvalue weighted by Gasteiger charge is 2.36. The molecule has 0 amide bonds. The number of hydrogen-bond acceptors (Lipinski definition) is 4. The molecule has 0 aromatic heterocycles. The van der Waals surface area contributed by atoms with Gasteiger partial charge in [-0.3, -0.25) is 4.79 Å². The molecule has 0 aliphatic rings. The third-order valence-electron chi connectivity index (χ3n) is 2.22. The van der Waals surface area contributed by atoms with Gasteiger partial charge in [-0.15, -0.1) is 0 Å². The van der Waals surface area contributed by atoms with Crippen molar-refractivity contribution in [2.75, 3.05) is 0 Å². The van der Waals surface area contributed by atoms with E-state index in [2.05, 4.69) is 0 Å². The zero-order valence-corrected chi connectivity index (χ0v) is 8.90. The van der Waals surface area contributed by atoms with Crippen LogP contribution in [-0.4, -0.2) is 21.3 Å². The van der Waals surface area contributed by atoms with E-state index >= 15 is 0 Å². The smallest absolute Gasteiger partial charge is 0.420 e.